The van der Waals surface area contributed by atoms with Gasteiger partial charge in [0.1, 0.15) is 0 Å². The molecule has 1 aromatic carbocycles. The summed E-state index contributed by atoms with van der Waals surface area (Å²) in [6.45, 7) is 2.37. The van der Waals surface area contributed by atoms with Crippen LogP contribution in [0.15, 0.2) is 36.5 Å². The minimum atomic E-state index is 0.618. The van der Waals surface area contributed by atoms with Crippen LogP contribution < -0.4 is 5.32 Å². The van der Waals surface area contributed by atoms with Crippen LogP contribution in [0.2, 0.25) is 0 Å². The van der Waals surface area contributed by atoms with E-state index in [9.17, 15) is 0 Å². The van der Waals surface area contributed by atoms with Crippen molar-refractivity contribution in [1.29, 1.82) is 0 Å². The van der Waals surface area contributed by atoms with Crippen molar-refractivity contribution in [1.82, 2.24) is 4.98 Å². The molecule has 0 aliphatic heterocycles. The molecular weight excluding hydrogens is 232 g/mol. The molecule has 2 aromatic rings. The maximum atomic E-state index is 4.52. The molecule has 0 saturated heterocycles. The first-order chi connectivity index (χ1) is 9.31. The fraction of sp³-hybridized carbons (Fsp3) is 0.471. The molecular formula is C17H22N2. The summed E-state index contributed by atoms with van der Waals surface area (Å²) in [4.78, 5) is 4.52. The Labute approximate surface area is 115 Å². The van der Waals surface area contributed by atoms with Crippen molar-refractivity contribution in [3.05, 3.63) is 36.5 Å². The van der Waals surface area contributed by atoms with Crippen molar-refractivity contribution < 1.29 is 0 Å². The van der Waals surface area contributed by atoms with E-state index >= 15 is 0 Å². The van der Waals surface area contributed by atoms with Gasteiger partial charge in [0.2, 0.25) is 0 Å². The van der Waals surface area contributed by atoms with Crippen LogP contribution in [0.4, 0.5) is 5.69 Å². The SMILES string of the molecule is CC1CCCC(Nc2cnc3ccccc3c2)CC1. The Morgan fingerprint density at radius 3 is 2.95 bits per heavy atom. The number of aromatic nitrogens is 1. The zero-order valence-corrected chi connectivity index (χ0v) is 11.6. The Morgan fingerprint density at radius 2 is 2.00 bits per heavy atom. The predicted octanol–water partition coefficient (Wildman–Crippen LogP) is 4.62. The summed E-state index contributed by atoms with van der Waals surface area (Å²) in [5.41, 5.74) is 2.24. The third-order valence-electron chi connectivity index (χ3n) is 4.22. The van der Waals surface area contributed by atoms with Gasteiger partial charge in [-0.25, -0.2) is 0 Å². The molecule has 2 unspecified atom stereocenters. The van der Waals surface area contributed by atoms with Crippen LogP contribution in [0.3, 0.4) is 0 Å². The van der Waals surface area contributed by atoms with Gasteiger partial charge in [0, 0.05) is 11.4 Å². The lowest BCUT2D eigenvalue weighted by atomic mass is 10.0. The number of anilines is 1. The Kier molecular flexibility index (Phi) is 3.67. The first-order valence-corrected chi connectivity index (χ1v) is 7.42. The van der Waals surface area contributed by atoms with Crippen molar-refractivity contribution in [2.45, 2.75) is 45.1 Å². The highest BCUT2D eigenvalue weighted by molar-refractivity contribution is 5.81. The number of benzene rings is 1. The minimum Gasteiger partial charge on any atom is -0.381 e. The van der Waals surface area contributed by atoms with Crippen LogP contribution in [0, 0.1) is 5.92 Å². The van der Waals surface area contributed by atoms with E-state index in [0.717, 1.165) is 11.4 Å². The standard InChI is InChI=1S/C17H22N2/c1-13-5-4-7-15(10-9-13)19-16-11-14-6-2-3-8-17(14)18-12-16/h2-3,6,8,11-13,15,19H,4-5,7,9-10H2,1H3. The Hall–Kier alpha value is -1.57. The summed E-state index contributed by atoms with van der Waals surface area (Å²) in [5.74, 6) is 0.890. The lowest BCUT2D eigenvalue weighted by molar-refractivity contribution is 0.502. The van der Waals surface area contributed by atoms with E-state index in [-0.39, 0.29) is 0 Å². The summed E-state index contributed by atoms with van der Waals surface area (Å²) in [6.07, 6.45) is 8.62. The van der Waals surface area contributed by atoms with Gasteiger partial charge in [-0.1, -0.05) is 38.0 Å². The smallest absolute Gasteiger partial charge is 0.0703 e. The molecule has 19 heavy (non-hydrogen) atoms. The molecule has 1 heterocycles. The Balaban J connectivity index is 1.73. The van der Waals surface area contributed by atoms with Gasteiger partial charge in [-0.2, -0.15) is 0 Å². The first-order valence-electron chi connectivity index (χ1n) is 7.42. The van der Waals surface area contributed by atoms with Crippen molar-refractivity contribution >= 4 is 16.6 Å². The van der Waals surface area contributed by atoms with Gasteiger partial charge in [0.15, 0.2) is 0 Å². The molecule has 1 saturated carbocycles. The molecule has 100 valence electrons. The van der Waals surface area contributed by atoms with Gasteiger partial charge in [-0.05, 0) is 37.3 Å². The van der Waals surface area contributed by atoms with Gasteiger partial charge in [0.05, 0.1) is 17.4 Å². The normalized spacial score (nSPS) is 24.1. The molecule has 3 rings (SSSR count). The van der Waals surface area contributed by atoms with Crippen molar-refractivity contribution in [3.8, 4) is 0 Å². The number of nitrogens with zero attached hydrogens (tertiary/aromatic N) is 1. The molecule has 0 spiro atoms. The highest BCUT2D eigenvalue weighted by atomic mass is 14.9. The van der Waals surface area contributed by atoms with Gasteiger partial charge >= 0.3 is 0 Å². The topological polar surface area (TPSA) is 24.9 Å². The van der Waals surface area contributed by atoms with Crippen molar-refractivity contribution in [2.24, 2.45) is 5.92 Å². The van der Waals surface area contributed by atoms with Gasteiger partial charge < -0.3 is 5.32 Å². The second-order valence-corrected chi connectivity index (χ2v) is 5.87. The molecule has 1 aliphatic carbocycles. The van der Waals surface area contributed by atoms with Gasteiger partial charge in [0.25, 0.3) is 0 Å². The average Bonchev–Trinajstić information content (AvgIpc) is 2.64. The molecule has 1 aromatic heterocycles. The highest BCUT2D eigenvalue weighted by Gasteiger charge is 2.15. The summed E-state index contributed by atoms with van der Waals surface area (Å²) in [7, 11) is 0. The second-order valence-electron chi connectivity index (χ2n) is 5.87. The summed E-state index contributed by atoms with van der Waals surface area (Å²) in [5, 5.41) is 4.89. The van der Waals surface area contributed by atoms with E-state index in [1.165, 1.54) is 43.2 Å². The van der Waals surface area contributed by atoms with Crippen LogP contribution in [0.5, 0.6) is 0 Å². The number of fused-ring (bicyclic) bond motifs is 1. The number of pyridine rings is 1. The lowest BCUT2D eigenvalue weighted by Gasteiger charge is -2.17. The van der Waals surface area contributed by atoms with Gasteiger partial charge in [-0.3, -0.25) is 4.98 Å². The molecule has 1 N–H and O–H groups in total. The fourth-order valence-electron chi connectivity index (χ4n) is 3.02. The predicted molar refractivity (Wildman–Crippen MR) is 81.4 cm³/mol. The molecule has 2 nitrogen and oxygen atoms in total. The monoisotopic (exact) mass is 254 g/mol. The molecule has 2 heteroatoms. The van der Waals surface area contributed by atoms with E-state index in [0.29, 0.717) is 6.04 Å². The average molecular weight is 254 g/mol. The highest BCUT2D eigenvalue weighted by Crippen LogP contribution is 2.25. The number of rotatable bonds is 2. The number of para-hydroxylation sites is 1. The van der Waals surface area contributed by atoms with E-state index in [1.54, 1.807) is 0 Å². The minimum absolute atomic E-state index is 0.618. The summed E-state index contributed by atoms with van der Waals surface area (Å²) < 4.78 is 0. The molecule has 0 bridgehead atoms. The Bertz CT molecular complexity index is 550. The third-order valence-corrected chi connectivity index (χ3v) is 4.22. The van der Waals surface area contributed by atoms with Crippen molar-refractivity contribution in [3.63, 3.8) is 0 Å². The van der Waals surface area contributed by atoms with Crippen LogP contribution in [-0.4, -0.2) is 11.0 Å². The zero-order chi connectivity index (χ0) is 13.1. The number of hydrogen-bond donors (Lipinski definition) is 1. The van der Waals surface area contributed by atoms with Gasteiger partial charge in [-0.15, -0.1) is 0 Å². The van der Waals surface area contributed by atoms with E-state index < -0.39 is 0 Å². The molecule has 1 fully saturated rings. The van der Waals surface area contributed by atoms with Crippen LogP contribution in [0.1, 0.15) is 39.0 Å². The third kappa shape index (κ3) is 3.06. The lowest BCUT2D eigenvalue weighted by Crippen LogP contribution is -2.18. The van der Waals surface area contributed by atoms with E-state index in [2.05, 4.69) is 41.5 Å². The summed E-state index contributed by atoms with van der Waals surface area (Å²) >= 11 is 0. The van der Waals surface area contributed by atoms with Crippen molar-refractivity contribution in [2.75, 3.05) is 5.32 Å². The molecule has 0 radical (unpaired) electrons. The van der Waals surface area contributed by atoms with Crippen LogP contribution in [-0.2, 0) is 0 Å². The molecule has 0 amide bonds. The number of hydrogen-bond acceptors (Lipinski definition) is 2. The molecule has 2 atom stereocenters. The Morgan fingerprint density at radius 1 is 1.11 bits per heavy atom. The number of nitrogens with one attached hydrogen (secondary N) is 1. The van der Waals surface area contributed by atoms with Crippen LogP contribution in [0.25, 0.3) is 10.9 Å². The quantitative estimate of drug-likeness (QED) is 0.791. The second kappa shape index (κ2) is 5.60. The van der Waals surface area contributed by atoms with Crippen LogP contribution >= 0.6 is 0 Å². The molecule has 1 aliphatic rings. The maximum Gasteiger partial charge on any atom is 0.0703 e. The maximum absolute atomic E-state index is 4.52. The van der Waals surface area contributed by atoms with E-state index in [1.807, 2.05) is 12.3 Å². The zero-order valence-electron chi connectivity index (χ0n) is 11.6. The summed E-state index contributed by atoms with van der Waals surface area (Å²) in [6, 6.07) is 11.1. The van der Waals surface area contributed by atoms with E-state index in [4.69, 9.17) is 0 Å². The largest absolute Gasteiger partial charge is 0.381 e. The fourth-order valence-corrected chi connectivity index (χ4v) is 3.02. The first kappa shape index (κ1) is 12.5.